The van der Waals surface area contributed by atoms with Gasteiger partial charge in [0, 0.05) is 6.54 Å². The second-order valence-corrected chi connectivity index (χ2v) is 6.64. The summed E-state index contributed by atoms with van der Waals surface area (Å²) in [4.78, 5) is 13.1. The lowest BCUT2D eigenvalue weighted by molar-refractivity contribution is 0.0952. The average molecular weight is 343 g/mol. The van der Waals surface area contributed by atoms with Gasteiger partial charge in [-0.1, -0.05) is 18.5 Å². The third kappa shape index (κ3) is 3.25. The van der Waals surface area contributed by atoms with Gasteiger partial charge in [-0.15, -0.1) is 11.3 Å². The first kappa shape index (κ1) is 14.3. The third-order valence-corrected chi connectivity index (χ3v) is 4.34. The highest BCUT2D eigenvalue weighted by atomic mass is 79.9. The lowest BCUT2D eigenvalue weighted by Gasteiger charge is -2.03. The van der Waals surface area contributed by atoms with Gasteiger partial charge in [-0.3, -0.25) is 4.79 Å². The minimum Gasteiger partial charge on any atom is -0.360 e. The second kappa shape index (κ2) is 6.34. The Hall–Kier alpha value is -1.14. The van der Waals surface area contributed by atoms with Crippen molar-refractivity contribution >= 4 is 33.2 Å². The molecule has 1 N–H and O–H groups in total. The number of unbranched alkanes of at least 4 members (excludes halogenated alkanes) is 1. The van der Waals surface area contributed by atoms with E-state index in [-0.39, 0.29) is 5.91 Å². The summed E-state index contributed by atoms with van der Waals surface area (Å²) in [6.07, 6.45) is 2.02. The Balaban J connectivity index is 2.25. The van der Waals surface area contributed by atoms with Crippen molar-refractivity contribution in [2.45, 2.75) is 26.7 Å². The molecule has 1 amide bonds. The predicted octanol–water partition coefficient (Wildman–Crippen LogP) is 4.00. The highest BCUT2D eigenvalue weighted by Gasteiger charge is 2.22. The summed E-state index contributed by atoms with van der Waals surface area (Å²) in [5.41, 5.74) is 1.15. The summed E-state index contributed by atoms with van der Waals surface area (Å²) in [7, 11) is 0. The molecule has 2 aromatic heterocycles. The standard InChI is InChI=1S/C13H15BrN2O2S/c1-3-4-7-15-13(17)11-8(2)18-16-12(11)9-5-6-10(14)19-9/h5-6H,3-4,7H2,1-2H3,(H,15,17). The number of nitrogens with zero attached hydrogens (tertiary/aromatic N) is 1. The van der Waals surface area contributed by atoms with Crippen molar-refractivity contribution in [3.05, 3.63) is 27.2 Å². The van der Waals surface area contributed by atoms with Crippen molar-refractivity contribution in [2.24, 2.45) is 0 Å². The smallest absolute Gasteiger partial charge is 0.257 e. The minimum absolute atomic E-state index is 0.119. The van der Waals surface area contributed by atoms with Gasteiger partial charge in [0.1, 0.15) is 17.0 Å². The molecule has 0 radical (unpaired) electrons. The zero-order valence-electron chi connectivity index (χ0n) is 10.8. The van der Waals surface area contributed by atoms with Gasteiger partial charge >= 0.3 is 0 Å². The van der Waals surface area contributed by atoms with Crippen LogP contribution in [0.1, 0.15) is 35.9 Å². The number of carbonyl (C=O) groups is 1. The van der Waals surface area contributed by atoms with Crippen LogP contribution in [0.5, 0.6) is 0 Å². The number of thiophene rings is 1. The van der Waals surface area contributed by atoms with E-state index in [1.807, 2.05) is 12.1 Å². The maximum atomic E-state index is 12.2. The normalized spacial score (nSPS) is 10.7. The topological polar surface area (TPSA) is 55.1 Å². The van der Waals surface area contributed by atoms with Crippen LogP contribution in [0.25, 0.3) is 10.6 Å². The molecule has 102 valence electrons. The number of aryl methyl sites for hydroxylation is 1. The van der Waals surface area contributed by atoms with E-state index in [0.29, 0.717) is 23.6 Å². The van der Waals surface area contributed by atoms with E-state index in [9.17, 15) is 4.79 Å². The maximum Gasteiger partial charge on any atom is 0.257 e. The number of amides is 1. The van der Waals surface area contributed by atoms with Crippen LogP contribution in [-0.4, -0.2) is 17.6 Å². The fourth-order valence-corrected chi connectivity index (χ4v) is 3.09. The summed E-state index contributed by atoms with van der Waals surface area (Å²) >= 11 is 4.94. The predicted molar refractivity (Wildman–Crippen MR) is 79.5 cm³/mol. The first-order valence-electron chi connectivity index (χ1n) is 6.13. The van der Waals surface area contributed by atoms with Gasteiger partial charge in [0.05, 0.1) is 8.66 Å². The van der Waals surface area contributed by atoms with Crippen LogP contribution in [0.4, 0.5) is 0 Å². The largest absolute Gasteiger partial charge is 0.360 e. The average Bonchev–Trinajstić information content (AvgIpc) is 2.95. The molecule has 0 aliphatic carbocycles. The Morgan fingerprint density at radius 1 is 1.53 bits per heavy atom. The van der Waals surface area contributed by atoms with E-state index in [2.05, 4.69) is 33.3 Å². The fraction of sp³-hybridized carbons (Fsp3) is 0.385. The molecular weight excluding hydrogens is 328 g/mol. The van der Waals surface area contributed by atoms with Crippen molar-refractivity contribution in [3.8, 4) is 10.6 Å². The van der Waals surface area contributed by atoms with Crippen LogP contribution >= 0.6 is 27.3 Å². The molecule has 0 aliphatic heterocycles. The molecule has 0 atom stereocenters. The van der Waals surface area contributed by atoms with Gasteiger partial charge in [0.2, 0.25) is 0 Å². The fourth-order valence-electron chi connectivity index (χ4n) is 1.72. The van der Waals surface area contributed by atoms with E-state index in [0.717, 1.165) is 21.5 Å². The molecule has 6 heteroatoms. The highest BCUT2D eigenvalue weighted by molar-refractivity contribution is 9.11. The van der Waals surface area contributed by atoms with Gasteiger partial charge in [0.25, 0.3) is 5.91 Å². The van der Waals surface area contributed by atoms with Crippen molar-refractivity contribution in [3.63, 3.8) is 0 Å². The Morgan fingerprint density at radius 2 is 2.32 bits per heavy atom. The molecule has 0 bridgehead atoms. The molecule has 0 aromatic carbocycles. The number of carbonyl (C=O) groups excluding carboxylic acids is 1. The first-order valence-corrected chi connectivity index (χ1v) is 7.74. The molecule has 0 aliphatic rings. The molecule has 2 heterocycles. The zero-order valence-corrected chi connectivity index (χ0v) is 13.2. The summed E-state index contributed by atoms with van der Waals surface area (Å²) in [6.45, 7) is 4.52. The molecule has 0 unspecified atom stereocenters. The summed E-state index contributed by atoms with van der Waals surface area (Å²) in [5.74, 6) is 0.431. The number of nitrogens with one attached hydrogen (secondary N) is 1. The van der Waals surface area contributed by atoms with Gasteiger partial charge in [-0.05, 0) is 41.4 Å². The van der Waals surface area contributed by atoms with Gasteiger partial charge in [-0.25, -0.2) is 0 Å². The number of hydrogen-bond acceptors (Lipinski definition) is 4. The minimum atomic E-state index is -0.119. The molecule has 19 heavy (non-hydrogen) atoms. The van der Waals surface area contributed by atoms with Gasteiger partial charge in [0.15, 0.2) is 0 Å². The van der Waals surface area contributed by atoms with Crippen molar-refractivity contribution in [2.75, 3.05) is 6.54 Å². The van der Waals surface area contributed by atoms with Crippen LogP contribution in [0, 0.1) is 6.92 Å². The molecule has 0 fully saturated rings. The molecule has 2 rings (SSSR count). The van der Waals surface area contributed by atoms with Gasteiger partial charge < -0.3 is 9.84 Å². The number of rotatable bonds is 5. The van der Waals surface area contributed by atoms with Crippen molar-refractivity contribution < 1.29 is 9.32 Å². The van der Waals surface area contributed by atoms with Crippen LogP contribution < -0.4 is 5.32 Å². The quantitative estimate of drug-likeness (QED) is 0.835. The van der Waals surface area contributed by atoms with Gasteiger partial charge in [-0.2, -0.15) is 0 Å². The maximum absolute atomic E-state index is 12.2. The zero-order chi connectivity index (χ0) is 13.8. The van der Waals surface area contributed by atoms with Crippen molar-refractivity contribution in [1.29, 1.82) is 0 Å². The molecule has 0 spiro atoms. The number of hydrogen-bond donors (Lipinski definition) is 1. The lowest BCUT2D eigenvalue weighted by atomic mass is 10.1. The highest BCUT2D eigenvalue weighted by Crippen LogP contribution is 2.33. The Kier molecular flexibility index (Phi) is 4.76. The summed E-state index contributed by atoms with van der Waals surface area (Å²) in [5, 5.41) is 6.90. The molecular formula is C13H15BrN2O2S. The second-order valence-electron chi connectivity index (χ2n) is 4.18. The first-order chi connectivity index (χ1) is 9.13. The lowest BCUT2D eigenvalue weighted by Crippen LogP contribution is -2.25. The molecule has 0 saturated heterocycles. The SMILES string of the molecule is CCCCNC(=O)c1c(-c2ccc(Br)s2)noc1C. The molecule has 0 saturated carbocycles. The van der Waals surface area contributed by atoms with Crippen LogP contribution in [0.15, 0.2) is 20.4 Å². The third-order valence-electron chi connectivity index (χ3n) is 2.71. The Bertz CT molecular complexity index is 577. The molecule has 2 aromatic rings. The van der Waals surface area contributed by atoms with Crippen LogP contribution in [-0.2, 0) is 0 Å². The van der Waals surface area contributed by atoms with E-state index in [4.69, 9.17) is 4.52 Å². The van der Waals surface area contributed by atoms with E-state index in [1.165, 1.54) is 11.3 Å². The Labute approximate surface area is 124 Å². The Morgan fingerprint density at radius 3 is 2.95 bits per heavy atom. The van der Waals surface area contributed by atoms with E-state index in [1.54, 1.807) is 6.92 Å². The monoisotopic (exact) mass is 342 g/mol. The van der Waals surface area contributed by atoms with Crippen LogP contribution in [0.2, 0.25) is 0 Å². The van der Waals surface area contributed by atoms with Crippen molar-refractivity contribution in [1.82, 2.24) is 10.5 Å². The number of halogens is 1. The summed E-state index contributed by atoms with van der Waals surface area (Å²) < 4.78 is 6.17. The molecule has 4 nitrogen and oxygen atoms in total. The number of aromatic nitrogens is 1. The summed E-state index contributed by atoms with van der Waals surface area (Å²) in [6, 6.07) is 3.86. The van der Waals surface area contributed by atoms with E-state index < -0.39 is 0 Å². The van der Waals surface area contributed by atoms with Crippen LogP contribution in [0.3, 0.4) is 0 Å². The van der Waals surface area contributed by atoms with E-state index >= 15 is 0 Å².